The molecule has 0 saturated heterocycles. The second-order valence-corrected chi connectivity index (χ2v) is 4.54. The van der Waals surface area contributed by atoms with Gasteiger partial charge in [-0.3, -0.25) is 0 Å². The van der Waals surface area contributed by atoms with E-state index in [-0.39, 0.29) is 0 Å². The Hall–Kier alpha value is 0.379. The number of hydrogen-bond acceptors (Lipinski definition) is 3. The SMILES string of the molecule is C=CC[NH3+].C[CH2][Sn][O]O[O-]. The molecule has 0 aliphatic rings. The van der Waals surface area contributed by atoms with E-state index >= 15 is 0 Å². The van der Waals surface area contributed by atoms with E-state index in [1.54, 1.807) is 6.08 Å². The van der Waals surface area contributed by atoms with Crippen molar-refractivity contribution in [3.05, 3.63) is 12.7 Å². The molecule has 4 nitrogen and oxygen atoms in total. The van der Waals surface area contributed by atoms with Crippen molar-refractivity contribution in [1.82, 2.24) is 0 Å². The quantitative estimate of drug-likeness (QED) is 0.222. The second-order valence-electron chi connectivity index (χ2n) is 1.23. The Morgan fingerprint density at radius 2 is 2.30 bits per heavy atom. The van der Waals surface area contributed by atoms with Crippen molar-refractivity contribution >= 4 is 21.6 Å². The van der Waals surface area contributed by atoms with Crippen LogP contribution in [0.15, 0.2) is 12.7 Å². The first-order valence-electron chi connectivity index (χ1n) is 2.91. The predicted octanol–water partition coefficient (Wildman–Crippen LogP) is -1.32. The zero-order chi connectivity index (χ0) is 8.24. The molecule has 0 aliphatic heterocycles. The van der Waals surface area contributed by atoms with Gasteiger partial charge < -0.3 is 5.73 Å². The van der Waals surface area contributed by atoms with Crippen LogP contribution in [0, 0.1) is 0 Å². The first-order valence-corrected chi connectivity index (χ1v) is 6.10. The van der Waals surface area contributed by atoms with Crippen LogP contribution in [0.1, 0.15) is 6.92 Å². The Balaban J connectivity index is 0. The topological polar surface area (TPSA) is 69.2 Å². The van der Waals surface area contributed by atoms with Gasteiger partial charge in [-0.1, -0.05) is 6.58 Å². The first-order chi connectivity index (χ1) is 4.83. The molecule has 0 amide bonds. The van der Waals surface area contributed by atoms with Crippen molar-refractivity contribution in [2.45, 2.75) is 11.4 Å². The summed E-state index contributed by atoms with van der Waals surface area (Å²) in [4.78, 5) is 0. The molecule has 0 rings (SSSR count). The average Bonchev–Trinajstić information content (AvgIpc) is 2.01. The van der Waals surface area contributed by atoms with Gasteiger partial charge in [-0.05, 0) is 6.08 Å². The summed E-state index contributed by atoms with van der Waals surface area (Å²) in [6, 6.07) is 0. The predicted molar refractivity (Wildman–Crippen MR) is 36.4 cm³/mol. The van der Waals surface area contributed by atoms with Crippen molar-refractivity contribution in [3.63, 3.8) is 0 Å². The standard InChI is InChI=1S/C3H7N.C2H5.H2O3.Sn/c1-2-3-4;1-2;1-3-2;/h2H,1,3-4H2;1H2,2H3;1-2H;/q;;;+1/p-1. The fourth-order valence-corrected chi connectivity index (χ4v) is 0.557. The van der Waals surface area contributed by atoms with Gasteiger partial charge in [0.05, 0.1) is 6.54 Å². The van der Waals surface area contributed by atoms with Crippen molar-refractivity contribution < 1.29 is 19.3 Å². The average molecular weight is 254 g/mol. The fraction of sp³-hybridized carbons (Fsp3) is 0.600. The maximum atomic E-state index is 9.01. The van der Waals surface area contributed by atoms with Gasteiger partial charge in [-0.2, -0.15) is 0 Å². The normalized spacial score (nSPS) is 7.90. The van der Waals surface area contributed by atoms with E-state index in [9.17, 15) is 0 Å². The Labute approximate surface area is 71.6 Å². The Morgan fingerprint density at radius 3 is 2.40 bits per heavy atom. The molecular formula is C5H13NO3Sn. The molecule has 3 N–H and O–H groups in total. The molecule has 0 aliphatic carbocycles. The van der Waals surface area contributed by atoms with Crippen LogP contribution >= 0.6 is 0 Å². The van der Waals surface area contributed by atoms with Gasteiger partial charge >= 0.3 is 46.4 Å². The number of rotatable bonds is 4. The van der Waals surface area contributed by atoms with Crippen LogP contribution in [0.3, 0.4) is 0 Å². The van der Waals surface area contributed by atoms with Crippen molar-refractivity contribution in [3.8, 4) is 0 Å². The van der Waals surface area contributed by atoms with E-state index in [0.717, 1.165) is 11.0 Å². The number of quaternary nitrogens is 1. The summed E-state index contributed by atoms with van der Waals surface area (Å²) in [5.74, 6) is 0. The molecular weight excluding hydrogens is 241 g/mol. The molecule has 0 aromatic heterocycles. The van der Waals surface area contributed by atoms with E-state index in [2.05, 4.69) is 20.6 Å². The van der Waals surface area contributed by atoms with E-state index in [1.807, 2.05) is 6.92 Å². The van der Waals surface area contributed by atoms with Crippen LogP contribution in [0.4, 0.5) is 0 Å². The van der Waals surface area contributed by atoms with Gasteiger partial charge in [0, 0.05) is 0 Å². The summed E-state index contributed by atoms with van der Waals surface area (Å²) in [5.41, 5.74) is 3.49. The molecule has 5 heteroatoms. The van der Waals surface area contributed by atoms with Crippen LogP contribution in [0.2, 0.25) is 4.44 Å². The minimum atomic E-state index is -0.835. The summed E-state index contributed by atoms with van der Waals surface area (Å²) in [6.07, 6.45) is 1.76. The van der Waals surface area contributed by atoms with Gasteiger partial charge in [-0.25, -0.2) is 0 Å². The molecule has 0 aromatic carbocycles. The third-order valence-electron chi connectivity index (χ3n) is 0.441. The summed E-state index contributed by atoms with van der Waals surface area (Å²) in [6.45, 7) is 6.21. The molecule has 2 radical (unpaired) electrons. The molecule has 60 valence electrons. The summed E-state index contributed by atoms with van der Waals surface area (Å²) in [5, 5.41) is 12.1. The Kier molecular flexibility index (Phi) is 21.0. The minimum absolute atomic E-state index is 0.833. The summed E-state index contributed by atoms with van der Waals surface area (Å²) < 4.78 is 5.07. The molecule has 0 aromatic rings. The maximum absolute atomic E-state index is 9.01. The Morgan fingerprint density at radius 1 is 1.80 bits per heavy atom. The third kappa shape index (κ3) is 23.8. The molecule has 0 unspecified atom stereocenters. The van der Waals surface area contributed by atoms with Gasteiger partial charge in [0.15, 0.2) is 0 Å². The van der Waals surface area contributed by atoms with Gasteiger partial charge in [0.25, 0.3) is 0 Å². The zero-order valence-electron chi connectivity index (χ0n) is 6.13. The van der Waals surface area contributed by atoms with Gasteiger partial charge in [0.2, 0.25) is 0 Å². The summed E-state index contributed by atoms with van der Waals surface area (Å²) >= 11 is -0.835. The second kappa shape index (κ2) is 16.2. The summed E-state index contributed by atoms with van der Waals surface area (Å²) in [7, 11) is 0. The van der Waals surface area contributed by atoms with Crippen LogP contribution in [0.25, 0.3) is 0 Å². The molecule has 0 heterocycles. The third-order valence-corrected chi connectivity index (χ3v) is 1.80. The van der Waals surface area contributed by atoms with Crippen molar-refractivity contribution in [1.29, 1.82) is 0 Å². The number of hydrogen-bond donors (Lipinski definition) is 1. The van der Waals surface area contributed by atoms with E-state index in [4.69, 9.17) is 5.26 Å². The van der Waals surface area contributed by atoms with Crippen LogP contribution in [0.5, 0.6) is 0 Å². The van der Waals surface area contributed by atoms with Crippen LogP contribution in [-0.4, -0.2) is 28.1 Å². The van der Waals surface area contributed by atoms with E-state index in [0.29, 0.717) is 0 Å². The zero-order valence-corrected chi connectivity index (χ0v) is 8.98. The van der Waals surface area contributed by atoms with Gasteiger partial charge in [-0.15, -0.1) is 0 Å². The molecule has 0 atom stereocenters. The molecule has 10 heavy (non-hydrogen) atoms. The van der Waals surface area contributed by atoms with E-state index in [1.165, 1.54) is 0 Å². The monoisotopic (exact) mass is 255 g/mol. The first kappa shape index (κ1) is 13.0. The fourth-order valence-electron chi connectivity index (χ4n) is 0.0830. The molecule has 0 saturated carbocycles. The van der Waals surface area contributed by atoms with E-state index < -0.39 is 21.6 Å². The molecule has 0 fully saturated rings. The molecule has 0 bridgehead atoms. The molecule has 0 spiro atoms. The van der Waals surface area contributed by atoms with Gasteiger partial charge in [0.1, 0.15) is 0 Å². The van der Waals surface area contributed by atoms with Crippen molar-refractivity contribution in [2.24, 2.45) is 0 Å². The van der Waals surface area contributed by atoms with Crippen LogP contribution < -0.4 is 11.0 Å². The van der Waals surface area contributed by atoms with Crippen LogP contribution in [-0.2, 0) is 8.26 Å². The van der Waals surface area contributed by atoms with Crippen molar-refractivity contribution in [2.75, 3.05) is 6.54 Å². The Bertz CT molecular complexity index is 58.9.